The lowest BCUT2D eigenvalue weighted by Crippen LogP contribution is -2.53. The van der Waals surface area contributed by atoms with Crippen LogP contribution in [-0.4, -0.2) is 42.4 Å². The molecule has 1 aliphatic rings. The highest BCUT2D eigenvalue weighted by Gasteiger charge is 2.45. The molecule has 0 radical (unpaired) electrons. The number of hydrogen-bond donors (Lipinski definition) is 0. The molecule has 4 atom stereocenters. The minimum Gasteiger partial charge on any atom is -0.456 e. The first kappa shape index (κ1) is 13.9. The number of halogens is 1. The van der Waals surface area contributed by atoms with Crippen LogP contribution in [0.15, 0.2) is 5.18 Å². The van der Waals surface area contributed by atoms with Gasteiger partial charge in [-0.1, -0.05) is 16.8 Å². The van der Waals surface area contributed by atoms with Gasteiger partial charge < -0.3 is 14.2 Å². The van der Waals surface area contributed by atoms with Crippen LogP contribution in [0.1, 0.15) is 13.8 Å². The molecule has 1 fully saturated rings. The summed E-state index contributed by atoms with van der Waals surface area (Å²) in [7, 11) is 0. The molecule has 8 heteroatoms. The van der Waals surface area contributed by atoms with Crippen LogP contribution in [0.4, 0.5) is 0 Å². The summed E-state index contributed by atoms with van der Waals surface area (Å²) in [6.07, 6.45) is -1.90. The van der Waals surface area contributed by atoms with Crippen molar-refractivity contribution < 1.29 is 23.8 Å². The zero-order valence-electron chi connectivity index (χ0n) is 9.29. The number of nitrogens with zero attached hydrogens (tertiary/aromatic N) is 1. The fraction of sp³-hybridized carbons (Fsp3) is 0.778. The molecule has 0 aromatic heterocycles. The van der Waals surface area contributed by atoms with Gasteiger partial charge >= 0.3 is 11.9 Å². The summed E-state index contributed by atoms with van der Waals surface area (Å²) in [5.41, 5.74) is -1.01. The molecule has 0 saturated carbocycles. The number of alkyl halides is 1. The Morgan fingerprint density at radius 1 is 1.29 bits per heavy atom. The molecule has 0 aliphatic carbocycles. The van der Waals surface area contributed by atoms with Gasteiger partial charge in [0.05, 0.1) is 6.61 Å². The zero-order chi connectivity index (χ0) is 13.0. The molecule has 0 unspecified atom stereocenters. The number of ether oxygens (including phenoxy) is 3. The van der Waals surface area contributed by atoms with Crippen molar-refractivity contribution in [3.05, 3.63) is 4.91 Å². The highest BCUT2D eigenvalue weighted by Crippen LogP contribution is 2.25. The van der Waals surface area contributed by atoms with Crippen molar-refractivity contribution in [2.24, 2.45) is 5.18 Å². The Morgan fingerprint density at radius 3 is 2.35 bits per heavy atom. The van der Waals surface area contributed by atoms with Gasteiger partial charge in [-0.15, -0.1) is 0 Å². The second kappa shape index (κ2) is 5.92. The topological polar surface area (TPSA) is 91.3 Å². The van der Waals surface area contributed by atoms with Crippen LogP contribution in [0.3, 0.4) is 0 Å². The standard InChI is InChI=1S/C9H12ClNO6/c1-4(12)16-6-3-15-9(10)7(11-14)8(6)17-5(2)13/h6-9H,3H2,1-2H3/t6-,7+,8-,9-/m1/s1. The lowest BCUT2D eigenvalue weighted by Gasteiger charge is -2.35. The van der Waals surface area contributed by atoms with E-state index in [0.29, 0.717) is 0 Å². The van der Waals surface area contributed by atoms with Crippen molar-refractivity contribution in [3.8, 4) is 0 Å². The van der Waals surface area contributed by atoms with Gasteiger partial charge in [0.2, 0.25) is 0 Å². The summed E-state index contributed by atoms with van der Waals surface area (Å²) >= 11 is 5.72. The molecule has 0 N–H and O–H groups in total. The Kier molecular flexibility index (Phi) is 4.83. The minimum atomic E-state index is -1.11. The number of carbonyl (C=O) groups excluding carboxylic acids is 2. The molecule has 0 bridgehead atoms. The van der Waals surface area contributed by atoms with E-state index >= 15 is 0 Å². The van der Waals surface area contributed by atoms with Crippen LogP contribution in [0.5, 0.6) is 0 Å². The van der Waals surface area contributed by atoms with Crippen LogP contribution in [0.25, 0.3) is 0 Å². The summed E-state index contributed by atoms with van der Waals surface area (Å²) in [6.45, 7) is 2.31. The van der Waals surface area contributed by atoms with Crippen molar-refractivity contribution in [1.82, 2.24) is 0 Å². The van der Waals surface area contributed by atoms with E-state index in [1.807, 2.05) is 0 Å². The lowest BCUT2D eigenvalue weighted by molar-refractivity contribution is -0.185. The number of rotatable bonds is 3. The maximum Gasteiger partial charge on any atom is 0.303 e. The predicted octanol–water partition coefficient (Wildman–Crippen LogP) is 0.580. The Balaban J connectivity index is 2.83. The monoisotopic (exact) mass is 265 g/mol. The summed E-state index contributed by atoms with van der Waals surface area (Å²) < 4.78 is 14.8. The molecule has 1 rings (SSSR count). The van der Waals surface area contributed by atoms with E-state index in [1.165, 1.54) is 13.8 Å². The van der Waals surface area contributed by atoms with Gasteiger partial charge in [0.25, 0.3) is 0 Å². The number of hydrogen-bond acceptors (Lipinski definition) is 7. The van der Waals surface area contributed by atoms with Crippen molar-refractivity contribution in [2.75, 3.05) is 6.61 Å². The maximum absolute atomic E-state index is 10.9. The van der Waals surface area contributed by atoms with Crippen LogP contribution in [0, 0.1) is 4.91 Å². The van der Waals surface area contributed by atoms with E-state index in [2.05, 4.69) is 5.18 Å². The number of carbonyl (C=O) groups is 2. The van der Waals surface area contributed by atoms with Crippen molar-refractivity contribution in [1.29, 1.82) is 0 Å². The van der Waals surface area contributed by atoms with Crippen LogP contribution in [0.2, 0.25) is 0 Å². The molecule has 0 aromatic rings. The quantitative estimate of drug-likeness (QED) is 0.421. The third kappa shape index (κ3) is 3.64. The van der Waals surface area contributed by atoms with E-state index in [1.54, 1.807) is 0 Å². The molecule has 17 heavy (non-hydrogen) atoms. The van der Waals surface area contributed by atoms with Crippen molar-refractivity contribution >= 4 is 23.5 Å². The Labute approximate surface area is 102 Å². The Bertz CT molecular complexity index is 323. The smallest absolute Gasteiger partial charge is 0.303 e. The first-order valence-electron chi connectivity index (χ1n) is 4.88. The Hall–Kier alpha value is -1.21. The van der Waals surface area contributed by atoms with Gasteiger partial charge in [0, 0.05) is 13.8 Å². The minimum absolute atomic E-state index is 0.0578. The van der Waals surface area contributed by atoms with Gasteiger partial charge in [-0.25, -0.2) is 0 Å². The average Bonchev–Trinajstić information content (AvgIpc) is 2.21. The van der Waals surface area contributed by atoms with Crippen LogP contribution < -0.4 is 0 Å². The number of nitroso groups, excluding NO2 is 1. The average molecular weight is 266 g/mol. The largest absolute Gasteiger partial charge is 0.456 e. The molecule has 96 valence electrons. The molecule has 0 spiro atoms. The normalized spacial score (nSPS) is 32.6. The highest BCUT2D eigenvalue weighted by molar-refractivity contribution is 6.20. The third-order valence-electron chi connectivity index (χ3n) is 2.13. The SMILES string of the molecule is CC(=O)O[C@H]1[C@H](N=O)[C@H](Cl)OC[C@H]1OC(C)=O. The fourth-order valence-electron chi connectivity index (χ4n) is 1.51. The lowest BCUT2D eigenvalue weighted by atomic mass is 10.0. The van der Waals surface area contributed by atoms with Gasteiger partial charge in [0.15, 0.2) is 23.8 Å². The molecular weight excluding hydrogens is 254 g/mol. The molecule has 1 aliphatic heterocycles. The second-order valence-electron chi connectivity index (χ2n) is 3.50. The molecule has 7 nitrogen and oxygen atoms in total. The molecule has 0 aromatic carbocycles. The van der Waals surface area contributed by atoms with Gasteiger partial charge in [-0.3, -0.25) is 9.59 Å². The molecule has 0 amide bonds. The summed E-state index contributed by atoms with van der Waals surface area (Å²) in [5.74, 6) is -1.19. The van der Waals surface area contributed by atoms with Crippen molar-refractivity contribution in [2.45, 2.75) is 37.7 Å². The first-order chi connectivity index (χ1) is 7.95. The van der Waals surface area contributed by atoms with Crippen molar-refractivity contribution in [3.63, 3.8) is 0 Å². The van der Waals surface area contributed by atoms with Gasteiger partial charge in [0.1, 0.15) is 0 Å². The van der Waals surface area contributed by atoms with E-state index in [-0.39, 0.29) is 6.61 Å². The summed E-state index contributed by atoms with van der Waals surface area (Å²) in [4.78, 5) is 32.4. The van der Waals surface area contributed by atoms with E-state index in [4.69, 9.17) is 25.8 Å². The fourth-order valence-corrected chi connectivity index (χ4v) is 1.77. The van der Waals surface area contributed by atoms with Gasteiger partial charge in [-0.2, -0.15) is 4.91 Å². The molecule has 1 saturated heterocycles. The van der Waals surface area contributed by atoms with E-state index in [9.17, 15) is 14.5 Å². The third-order valence-corrected chi connectivity index (χ3v) is 2.52. The van der Waals surface area contributed by atoms with Crippen LogP contribution >= 0.6 is 11.6 Å². The number of esters is 2. The Morgan fingerprint density at radius 2 is 1.88 bits per heavy atom. The maximum atomic E-state index is 10.9. The first-order valence-corrected chi connectivity index (χ1v) is 5.32. The van der Waals surface area contributed by atoms with Gasteiger partial charge in [-0.05, 0) is 0 Å². The van der Waals surface area contributed by atoms with E-state index in [0.717, 1.165) is 0 Å². The zero-order valence-corrected chi connectivity index (χ0v) is 10.0. The molecule has 1 heterocycles. The second-order valence-corrected chi connectivity index (χ2v) is 3.93. The molecular formula is C9H12ClNO6. The summed E-state index contributed by atoms with van der Waals surface area (Å²) in [6, 6.07) is -1.11. The highest BCUT2D eigenvalue weighted by atomic mass is 35.5. The van der Waals surface area contributed by atoms with Crippen LogP contribution in [-0.2, 0) is 23.8 Å². The summed E-state index contributed by atoms with van der Waals surface area (Å²) in [5, 5.41) is 2.75. The predicted molar refractivity (Wildman–Crippen MR) is 56.3 cm³/mol. The van der Waals surface area contributed by atoms with E-state index < -0.39 is 35.8 Å².